The maximum absolute atomic E-state index is 6.55. The van der Waals surface area contributed by atoms with Gasteiger partial charge in [0.2, 0.25) is 0 Å². The van der Waals surface area contributed by atoms with Gasteiger partial charge in [-0.2, -0.15) is 0 Å². The third-order valence-electron chi connectivity index (χ3n) is 22.3. The summed E-state index contributed by atoms with van der Waals surface area (Å²) in [5, 5.41) is 10.7. The summed E-state index contributed by atoms with van der Waals surface area (Å²) in [7, 11) is 0. The molecule has 1 aliphatic heterocycles. The number of aromatic nitrogens is 1. The molecule has 1 atom stereocenters. The fourth-order valence-electron chi connectivity index (χ4n) is 17.4. The summed E-state index contributed by atoms with van der Waals surface area (Å²) >= 11 is 0. The van der Waals surface area contributed by atoms with Gasteiger partial charge < -0.3 is 23.6 Å². The number of furan rings is 2. The Kier molecular flexibility index (Phi) is 14.8. The molecular weight excluding hydrogens is 1310 g/mol. The fourth-order valence-corrected chi connectivity index (χ4v) is 17.4. The van der Waals surface area contributed by atoms with E-state index >= 15 is 0 Å². The Morgan fingerprint density at radius 2 is 0.685 bits per heavy atom. The molecule has 0 saturated heterocycles. The van der Waals surface area contributed by atoms with Gasteiger partial charge in [-0.05, 0) is 151 Å². The molecule has 4 heterocycles. The molecule has 108 heavy (non-hydrogen) atoms. The second-order valence-electron chi connectivity index (χ2n) is 28.2. The largest absolute Gasteiger partial charge is 0.455 e. The molecule has 1 N–H and O–H groups in total. The predicted octanol–water partition coefficient (Wildman–Crippen LogP) is 28.2. The van der Waals surface area contributed by atoms with Crippen LogP contribution in [0.25, 0.3) is 149 Å². The highest BCUT2D eigenvalue weighted by Crippen LogP contribution is 2.62. The second-order valence-corrected chi connectivity index (χ2v) is 28.2. The highest BCUT2D eigenvalue weighted by molar-refractivity contribution is 6.14. The molecule has 1 unspecified atom stereocenters. The minimum atomic E-state index is -0.587. The van der Waals surface area contributed by atoms with Crippen molar-refractivity contribution in [3.05, 3.63) is 423 Å². The zero-order valence-corrected chi connectivity index (χ0v) is 58.8. The first-order valence-corrected chi connectivity index (χ1v) is 37.0. The molecule has 20 aromatic rings. The summed E-state index contributed by atoms with van der Waals surface area (Å²) in [6.45, 7) is 0. The number of fused-ring (bicyclic) bond motifs is 18. The summed E-state index contributed by atoms with van der Waals surface area (Å²) < 4.78 is 15.3. The molecule has 1 aliphatic carbocycles. The van der Waals surface area contributed by atoms with Crippen molar-refractivity contribution < 1.29 is 8.83 Å². The van der Waals surface area contributed by atoms with Crippen LogP contribution in [0.15, 0.2) is 409 Å². The molecule has 1 spiro atoms. The van der Waals surface area contributed by atoms with Gasteiger partial charge in [-0.1, -0.05) is 328 Å². The monoisotopic (exact) mass is 1380 g/mol. The predicted molar refractivity (Wildman–Crippen MR) is 450 cm³/mol. The lowest BCUT2D eigenvalue weighted by molar-refractivity contribution is 0.669. The average molecular weight is 1380 g/mol. The van der Waals surface area contributed by atoms with Crippen LogP contribution in [0, 0.1) is 0 Å². The van der Waals surface area contributed by atoms with Gasteiger partial charge in [0.05, 0.1) is 27.8 Å². The van der Waals surface area contributed by atoms with E-state index in [2.05, 4.69) is 391 Å². The Hall–Kier alpha value is -14.3. The quantitative estimate of drug-likeness (QED) is 0.140. The highest BCUT2D eigenvalue weighted by Gasteiger charge is 2.51. The standard InChI is InChI=1S/C67H42N2O.C36H25NO/c1-2-16-43(17-3-1)44-32-34-45(35-33-44)49-18-5-10-28-61(49)68(47-38-36-46(37-39-47)50-22-14-24-56-54-21-7-13-31-64(54)70-66(50)56)48-40-41-52-51-19-4-8-25-57(51)67(60(52)42-48)58-26-9-12-30-63(58)69-62-29-11-6-20-53(62)55-23-15-27-59(67)65(55)69;1-2-9-25(10-3-1)26-17-19-27(20-18-26)30-11-4-6-15-34(30)37-29-23-21-28(22-24-29)31-13-8-14-33-32-12-5-7-16-35(32)38-36(31)33/h1-42H;1-24,37H. The van der Waals surface area contributed by atoms with Crippen molar-refractivity contribution in [1.82, 2.24) is 4.57 Å². The third kappa shape index (κ3) is 10.1. The maximum atomic E-state index is 6.55. The van der Waals surface area contributed by atoms with Gasteiger partial charge in [0.1, 0.15) is 22.3 Å². The summed E-state index contributed by atoms with van der Waals surface area (Å²) in [6, 6.07) is 144. The van der Waals surface area contributed by atoms with Gasteiger partial charge in [0, 0.05) is 77.3 Å². The van der Waals surface area contributed by atoms with Crippen molar-refractivity contribution in [3.63, 3.8) is 0 Å². The van der Waals surface area contributed by atoms with Crippen LogP contribution in [0.2, 0.25) is 0 Å². The van der Waals surface area contributed by atoms with Crippen molar-refractivity contribution in [3.8, 4) is 83.6 Å². The third-order valence-corrected chi connectivity index (χ3v) is 22.3. The smallest absolute Gasteiger partial charge is 0.143 e. The van der Waals surface area contributed by atoms with Crippen LogP contribution in [0.4, 0.5) is 28.4 Å². The van der Waals surface area contributed by atoms with E-state index in [1.54, 1.807) is 0 Å². The van der Waals surface area contributed by atoms with E-state index in [0.29, 0.717) is 0 Å². The van der Waals surface area contributed by atoms with E-state index in [0.717, 1.165) is 106 Å². The zero-order valence-electron chi connectivity index (χ0n) is 58.8. The lowest BCUT2D eigenvalue weighted by Crippen LogP contribution is -2.33. The van der Waals surface area contributed by atoms with Gasteiger partial charge in [-0.15, -0.1) is 0 Å². The summed E-state index contributed by atoms with van der Waals surface area (Å²) in [4.78, 5) is 2.47. The first-order chi connectivity index (χ1) is 53.6. The van der Waals surface area contributed by atoms with Crippen LogP contribution in [-0.2, 0) is 5.41 Å². The molecule has 5 heteroatoms. The Bertz CT molecular complexity index is 6870. The molecule has 5 nitrogen and oxygen atoms in total. The van der Waals surface area contributed by atoms with Crippen LogP contribution in [0.3, 0.4) is 0 Å². The van der Waals surface area contributed by atoms with Crippen molar-refractivity contribution in [1.29, 1.82) is 0 Å². The Balaban J connectivity index is 0.000000165. The first kappa shape index (κ1) is 62.3. The molecule has 3 aromatic heterocycles. The van der Waals surface area contributed by atoms with Gasteiger partial charge in [-0.3, -0.25) is 0 Å². The second kappa shape index (κ2) is 25.6. The zero-order chi connectivity index (χ0) is 71.2. The topological polar surface area (TPSA) is 46.5 Å². The van der Waals surface area contributed by atoms with Crippen molar-refractivity contribution in [2.45, 2.75) is 5.41 Å². The average Bonchev–Trinajstić information content (AvgIpc) is 1.48. The molecule has 0 radical (unpaired) electrons. The maximum Gasteiger partial charge on any atom is 0.143 e. The van der Waals surface area contributed by atoms with Crippen LogP contribution in [0.1, 0.15) is 22.3 Å². The molecular formula is C103H67N3O2. The van der Waals surface area contributed by atoms with Gasteiger partial charge >= 0.3 is 0 Å². The number of para-hydroxylation sites is 9. The van der Waals surface area contributed by atoms with E-state index in [9.17, 15) is 0 Å². The first-order valence-electron chi connectivity index (χ1n) is 37.0. The minimum Gasteiger partial charge on any atom is -0.455 e. The van der Waals surface area contributed by atoms with E-state index in [4.69, 9.17) is 8.83 Å². The van der Waals surface area contributed by atoms with Gasteiger partial charge in [0.25, 0.3) is 0 Å². The summed E-state index contributed by atoms with van der Waals surface area (Å²) in [6.07, 6.45) is 0. The van der Waals surface area contributed by atoms with Gasteiger partial charge in [-0.25, -0.2) is 0 Å². The molecule has 22 rings (SSSR count). The fraction of sp³-hybridized carbons (Fsp3) is 0.00971. The number of anilines is 5. The lowest BCUT2D eigenvalue weighted by atomic mass is 9.65. The number of nitrogens with one attached hydrogen (secondary N) is 1. The number of benzene rings is 17. The summed E-state index contributed by atoms with van der Waals surface area (Å²) in [5.74, 6) is 0. The van der Waals surface area contributed by atoms with E-state index < -0.39 is 5.41 Å². The number of hydrogen-bond acceptors (Lipinski definition) is 4. The SMILES string of the molecule is c1ccc(-c2ccc(-c3ccccc3N(c3ccc(-c4cccc5c4oc4ccccc45)cc3)c3ccc4c(c3)C3(c5ccccc5-4)c4ccccc4-n4c5ccccc5c5cccc3c54)cc2)cc1.c1ccc(-c2ccc(-c3ccccc3Nc3ccc(-c4cccc5c4oc4ccccc45)cc3)cc2)cc1. The molecule has 0 saturated carbocycles. The molecule has 506 valence electrons. The molecule has 0 bridgehead atoms. The normalized spacial score (nSPS) is 13.2. The molecule has 0 amide bonds. The highest BCUT2D eigenvalue weighted by atomic mass is 16.3. The molecule has 17 aromatic carbocycles. The van der Waals surface area contributed by atoms with Crippen molar-refractivity contribution >= 4 is 94.1 Å². The van der Waals surface area contributed by atoms with Crippen LogP contribution >= 0.6 is 0 Å². The van der Waals surface area contributed by atoms with Crippen LogP contribution in [0.5, 0.6) is 0 Å². The van der Waals surface area contributed by atoms with E-state index in [1.165, 1.54) is 94.3 Å². The Morgan fingerprint density at radius 3 is 1.34 bits per heavy atom. The summed E-state index contributed by atoms with van der Waals surface area (Å²) in [5.41, 5.74) is 33.8. The van der Waals surface area contributed by atoms with Gasteiger partial charge in [0.15, 0.2) is 0 Å². The Morgan fingerprint density at radius 1 is 0.259 bits per heavy atom. The Labute approximate surface area is 625 Å². The number of nitrogens with zero attached hydrogens (tertiary/aromatic N) is 2. The van der Waals surface area contributed by atoms with Crippen molar-refractivity contribution in [2.75, 3.05) is 10.2 Å². The van der Waals surface area contributed by atoms with E-state index in [1.807, 2.05) is 24.3 Å². The number of rotatable bonds is 11. The molecule has 0 fully saturated rings. The number of hydrogen-bond donors (Lipinski definition) is 1. The van der Waals surface area contributed by atoms with Crippen molar-refractivity contribution in [2.24, 2.45) is 0 Å². The minimum absolute atomic E-state index is 0.587. The molecule has 2 aliphatic rings. The lowest BCUT2D eigenvalue weighted by Gasteiger charge is -2.40. The van der Waals surface area contributed by atoms with Crippen LogP contribution < -0.4 is 10.2 Å². The van der Waals surface area contributed by atoms with Crippen LogP contribution in [-0.4, -0.2) is 4.57 Å². The van der Waals surface area contributed by atoms with E-state index in [-0.39, 0.29) is 0 Å².